The van der Waals surface area contributed by atoms with Crippen LogP contribution < -0.4 is 10.6 Å². The van der Waals surface area contributed by atoms with E-state index in [1.165, 1.54) is 12.4 Å². The molecule has 2 saturated heterocycles. The summed E-state index contributed by atoms with van der Waals surface area (Å²) in [4.78, 5) is 24.7. The monoisotopic (exact) mass is 512 g/mol. The van der Waals surface area contributed by atoms with E-state index in [2.05, 4.69) is 25.5 Å². The second kappa shape index (κ2) is 9.70. The van der Waals surface area contributed by atoms with E-state index in [0.717, 1.165) is 50.9 Å². The molecule has 0 radical (unpaired) electrons. The van der Waals surface area contributed by atoms with Crippen LogP contribution in [0.5, 0.6) is 0 Å². The van der Waals surface area contributed by atoms with Crippen molar-refractivity contribution in [3.63, 3.8) is 0 Å². The summed E-state index contributed by atoms with van der Waals surface area (Å²) in [5.74, 6) is -2.65. The zero-order valence-electron chi connectivity index (χ0n) is 19.7. The molecular weight excluding hydrogens is 483 g/mol. The van der Waals surface area contributed by atoms with Gasteiger partial charge in [0.25, 0.3) is 5.92 Å². The largest absolute Gasteiger partial charge is 0.416 e. The molecule has 36 heavy (non-hydrogen) atoms. The van der Waals surface area contributed by atoms with Crippen molar-refractivity contribution in [2.45, 2.75) is 62.3 Å². The van der Waals surface area contributed by atoms with E-state index >= 15 is 0 Å². The zero-order chi connectivity index (χ0) is 25.5. The summed E-state index contributed by atoms with van der Waals surface area (Å²) in [7, 11) is 0. The van der Waals surface area contributed by atoms with Gasteiger partial charge < -0.3 is 10.6 Å². The van der Waals surface area contributed by atoms with E-state index in [0.29, 0.717) is 18.1 Å². The molecule has 12 heteroatoms. The van der Waals surface area contributed by atoms with Crippen molar-refractivity contribution in [1.82, 2.24) is 25.1 Å². The molecule has 196 valence electrons. The number of hydrogen-bond donors (Lipinski definition) is 2. The second-order valence-corrected chi connectivity index (χ2v) is 10.1. The van der Waals surface area contributed by atoms with Gasteiger partial charge in [0.2, 0.25) is 5.91 Å². The first kappa shape index (κ1) is 25.1. The summed E-state index contributed by atoms with van der Waals surface area (Å²) in [6.07, 6.45) is 0.478. The highest BCUT2D eigenvalue weighted by molar-refractivity contribution is 5.91. The summed E-state index contributed by atoms with van der Waals surface area (Å²) >= 11 is 0. The molecule has 5 rings (SSSR count). The van der Waals surface area contributed by atoms with Gasteiger partial charge in [-0.25, -0.2) is 18.7 Å². The molecule has 3 heterocycles. The van der Waals surface area contributed by atoms with E-state index in [4.69, 9.17) is 0 Å². The first-order chi connectivity index (χ1) is 17.1. The van der Waals surface area contributed by atoms with Gasteiger partial charge in [0.15, 0.2) is 0 Å². The topological polar surface area (TPSA) is 73.4 Å². The highest BCUT2D eigenvalue weighted by Crippen LogP contribution is 2.35. The van der Waals surface area contributed by atoms with Gasteiger partial charge in [-0.2, -0.15) is 13.2 Å². The Bertz CT molecular complexity index is 1100. The minimum atomic E-state index is -4.49. The number of carbonyl (C=O) groups excluding carboxylic acids is 1. The quantitative estimate of drug-likeness (QED) is 0.578. The molecule has 1 aliphatic carbocycles. The zero-order valence-corrected chi connectivity index (χ0v) is 19.7. The highest BCUT2D eigenvalue weighted by Gasteiger charge is 2.42. The number of benzene rings is 1. The van der Waals surface area contributed by atoms with Gasteiger partial charge in [-0.3, -0.25) is 14.6 Å². The molecule has 7 nitrogen and oxygen atoms in total. The van der Waals surface area contributed by atoms with Gasteiger partial charge in [-0.15, -0.1) is 0 Å². The number of halogens is 5. The Kier molecular flexibility index (Phi) is 6.75. The van der Waals surface area contributed by atoms with E-state index in [1.54, 1.807) is 0 Å². The Hall–Kier alpha value is -2.60. The van der Waals surface area contributed by atoms with Crippen molar-refractivity contribution in [2.24, 2.45) is 0 Å². The maximum Gasteiger partial charge on any atom is 0.416 e. The molecule has 1 aromatic heterocycles. The minimum absolute atomic E-state index is 0.00766. The maximum absolute atomic E-state index is 13.5. The van der Waals surface area contributed by atoms with E-state index in [-0.39, 0.29) is 48.7 Å². The lowest BCUT2D eigenvalue weighted by atomic mass is 9.87. The summed E-state index contributed by atoms with van der Waals surface area (Å²) < 4.78 is 66.2. The molecule has 0 unspecified atom stereocenters. The molecule has 3 fully saturated rings. The van der Waals surface area contributed by atoms with Gasteiger partial charge in [0.1, 0.15) is 12.1 Å². The number of nitrogens with zero attached hydrogens (tertiary/aromatic N) is 4. The number of alkyl halides is 5. The number of fused-ring (bicyclic) bond motifs is 1. The van der Waals surface area contributed by atoms with Gasteiger partial charge >= 0.3 is 6.18 Å². The van der Waals surface area contributed by atoms with Crippen LogP contribution in [0, 0.1) is 0 Å². The SMILES string of the molecule is O=C(CNc1ncnc2ccc(C(F)(F)F)cc12)NC1CN([C@H]2CC[C@H](N3CCC(F)(F)C3)CC2)C1. The molecule has 1 amide bonds. The first-order valence-corrected chi connectivity index (χ1v) is 12.3. The van der Waals surface area contributed by atoms with Crippen LogP contribution in [-0.2, 0) is 11.0 Å². The first-order valence-electron chi connectivity index (χ1n) is 12.3. The Morgan fingerprint density at radius 3 is 2.39 bits per heavy atom. The number of anilines is 1. The molecule has 2 aromatic rings. The van der Waals surface area contributed by atoms with Crippen LogP contribution in [0.4, 0.5) is 27.8 Å². The summed E-state index contributed by atoms with van der Waals surface area (Å²) in [5.41, 5.74) is -0.456. The Morgan fingerprint density at radius 2 is 1.75 bits per heavy atom. The lowest BCUT2D eigenvalue weighted by Crippen LogP contribution is -2.63. The summed E-state index contributed by atoms with van der Waals surface area (Å²) in [6, 6.07) is 3.87. The van der Waals surface area contributed by atoms with E-state index < -0.39 is 17.7 Å². The average Bonchev–Trinajstić information content (AvgIpc) is 3.18. The predicted octanol–water partition coefficient (Wildman–Crippen LogP) is 3.51. The Morgan fingerprint density at radius 1 is 1.06 bits per heavy atom. The number of carbonyl (C=O) groups is 1. The fourth-order valence-corrected chi connectivity index (χ4v) is 5.58. The van der Waals surface area contributed by atoms with Gasteiger partial charge in [-0.05, 0) is 43.9 Å². The molecule has 0 spiro atoms. The molecule has 0 atom stereocenters. The molecular formula is C24H29F5N6O. The molecule has 2 N–H and O–H groups in total. The predicted molar refractivity (Wildman–Crippen MR) is 124 cm³/mol. The van der Waals surface area contributed by atoms with Crippen LogP contribution in [0.2, 0.25) is 0 Å². The van der Waals surface area contributed by atoms with Crippen LogP contribution >= 0.6 is 0 Å². The third-order valence-corrected chi connectivity index (χ3v) is 7.55. The number of likely N-dealkylation sites (tertiary alicyclic amines) is 2. The molecule has 3 aliphatic rings. The van der Waals surface area contributed by atoms with E-state index in [9.17, 15) is 26.7 Å². The number of aromatic nitrogens is 2. The molecule has 0 bridgehead atoms. The fourth-order valence-electron chi connectivity index (χ4n) is 5.58. The third kappa shape index (κ3) is 5.54. The van der Waals surface area contributed by atoms with Crippen molar-refractivity contribution in [2.75, 3.05) is 38.0 Å². The van der Waals surface area contributed by atoms with Crippen LogP contribution in [0.15, 0.2) is 24.5 Å². The van der Waals surface area contributed by atoms with Crippen LogP contribution in [0.25, 0.3) is 10.9 Å². The van der Waals surface area contributed by atoms with Crippen molar-refractivity contribution in [3.05, 3.63) is 30.1 Å². The highest BCUT2D eigenvalue weighted by atomic mass is 19.4. The van der Waals surface area contributed by atoms with Crippen molar-refractivity contribution < 1.29 is 26.7 Å². The number of amides is 1. The lowest BCUT2D eigenvalue weighted by molar-refractivity contribution is -0.137. The maximum atomic E-state index is 13.5. The Labute approximate surface area is 205 Å². The van der Waals surface area contributed by atoms with Crippen molar-refractivity contribution in [1.29, 1.82) is 0 Å². The van der Waals surface area contributed by atoms with Crippen LogP contribution in [0.3, 0.4) is 0 Å². The Balaban J connectivity index is 1.06. The standard InChI is InChI=1S/C24H29F5N6O/c25-23(26)7-8-34(13-23)17-2-4-18(5-3-17)35-11-16(12-35)33-21(36)10-30-22-19-9-15(24(27,28)29)1-6-20(19)31-14-32-22/h1,6,9,14,16-18H,2-5,7-8,10-13H2,(H,33,36)(H,30,31,32)/t17-,18-. The normalized spacial score (nSPS) is 25.6. The van der Waals surface area contributed by atoms with Gasteiger partial charge in [-0.1, -0.05) is 0 Å². The van der Waals surface area contributed by atoms with Gasteiger partial charge in [0.05, 0.1) is 30.2 Å². The summed E-state index contributed by atoms with van der Waals surface area (Å²) in [5, 5.41) is 5.97. The van der Waals surface area contributed by atoms with E-state index in [1.807, 2.05) is 4.90 Å². The average molecular weight is 513 g/mol. The molecule has 1 aromatic carbocycles. The smallest absolute Gasteiger partial charge is 0.360 e. The molecule has 1 saturated carbocycles. The minimum Gasteiger partial charge on any atom is -0.360 e. The van der Waals surface area contributed by atoms with Crippen LogP contribution in [0.1, 0.15) is 37.7 Å². The number of rotatable bonds is 6. The second-order valence-electron chi connectivity index (χ2n) is 10.1. The van der Waals surface area contributed by atoms with Crippen molar-refractivity contribution in [3.8, 4) is 0 Å². The molecule has 2 aliphatic heterocycles. The number of nitrogens with one attached hydrogen (secondary N) is 2. The van der Waals surface area contributed by atoms with Crippen molar-refractivity contribution >= 4 is 22.6 Å². The van der Waals surface area contributed by atoms with Crippen LogP contribution in [-0.4, -0.2) is 82.4 Å². The van der Waals surface area contributed by atoms with Gasteiger partial charge in [0, 0.05) is 43.5 Å². The fraction of sp³-hybridized carbons (Fsp3) is 0.625. The third-order valence-electron chi connectivity index (χ3n) is 7.55. The summed E-state index contributed by atoms with van der Waals surface area (Å²) in [6.45, 7) is 1.69. The lowest BCUT2D eigenvalue weighted by Gasteiger charge is -2.47. The number of hydrogen-bond acceptors (Lipinski definition) is 6.